The molecule has 0 aliphatic rings. The highest BCUT2D eigenvalue weighted by molar-refractivity contribution is 9.11. The van der Waals surface area contributed by atoms with Crippen molar-refractivity contribution in [1.82, 2.24) is 0 Å². The van der Waals surface area contributed by atoms with Gasteiger partial charge in [-0.05, 0) is 21.5 Å². The lowest BCUT2D eigenvalue weighted by atomic mass is 10.2. The van der Waals surface area contributed by atoms with E-state index in [2.05, 4.69) is 44.0 Å². The minimum absolute atomic E-state index is 0.862. The van der Waals surface area contributed by atoms with Gasteiger partial charge in [0.05, 0.1) is 10.4 Å². The highest BCUT2D eigenvalue weighted by Crippen LogP contribution is 2.36. The predicted octanol–water partition coefficient (Wildman–Crippen LogP) is 4.14. The lowest BCUT2D eigenvalue weighted by molar-refractivity contribution is 1.44. The van der Waals surface area contributed by atoms with Crippen LogP contribution in [0.5, 0.6) is 0 Å². The molecular formula is C9H7Br2NS. The van der Waals surface area contributed by atoms with Crippen molar-refractivity contribution in [2.24, 2.45) is 0 Å². The molecule has 68 valence electrons. The first-order valence-corrected chi connectivity index (χ1v) is 6.53. The second-order valence-electron chi connectivity index (χ2n) is 2.74. The molecule has 0 saturated carbocycles. The van der Waals surface area contributed by atoms with E-state index in [0.717, 1.165) is 20.9 Å². The fraction of sp³-hybridized carbons (Fsp3) is 0.111. The standard InChI is InChI=1S/C9H7Br2NS/c10-3-5-1-2-6-7(12)4-13-9(6)8(5)11/h1-2,4H,3,12H2. The second-order valence-corrected chi connectivity index (χ2v) is 4.97. The van der Waals surface area contributed by atoms with Crippen LogP contribution in [-0.2, 0) is 5.33 Å². The third kappa shape index (κ3) is 1.51. The van der Waals surface area contributed by atoms with Crippen LogP contribution < -0.4 is 5.73 Å². The molecule has 0 saturated heterocycles. The summed E-state index contributed by atoms with van der Waals surface area (Å²) in [5, 5.41) is 3.98. The van der Waals surface area contributed by atoms with E-state index in [0.29, 0.717) is 0 Å². The number of fused-ring (bicyclic) bond motifs is 1. The number of rotatable bonds is 1. The maximum absolute atomic E-state index is 5.81. The first kappa shape index (κ1) is 9.49. The van der Waals surface area contributed by atoms with Gasteiger partial charge in [-0.2, -0.15) is 0 Å². The van der Waals surface area contributed by atoms with Gasteiger partial charge in [-0.25, -0.2) is 0 Å². The van der Waals surface area contributed by atoms with Crippen molar-refractivity contribution in [2.75, 3.05) is 5.73 Å². The number of halogens is 2. The van der Waals surface area contributed by atoms with Gasteiger partial charge in [-0.3, -0.25) is 0 Å². The van der Waals surface area contributed by atoms with Crippen LogP contribution >= 0.6 is 43.2 Å². The molecule has 0 fully saturated rings. The van der Waals surface area contributed by atoms with E-state index in [1.54, 1.807) is 11.3 Å². The van der Waals surface area contributed by atoms with Crippen LogP contribution in [-0.4, -0.2) is 0 Å². The zero-order valence-corrected chi connectivity index (χ0v) is 10.7. The molecule has 0 aliphatic heterocycles. The van der Waals surface area contributed by atoms with Crippen molar-refractivity contribution >= 4 is 59.0 Å². The molecule has 2 aromatic rings. The average molecular weight is 321 g/mol. The summed E-state index contributed by atoms with van der Waals surface area (Å²) >= 11 is 8.70. The molecule has 4 heteroatoms. The van der Waals surface area contributed by atoms with Gasteiger partial charge in [0, 0.05) is 20.6 Å². The van der Waals surface area contributed by atoms with Gasteiger partial charge in [0.15, 0.2) is 0 Å². The van der Waals surface area contributed by atoms with Gasteiger partial charge < -0.3 is 5.73 Å². The van der Waals surface area contributed by atoms with E-state index in [1.807, 2.05) is 5.38 Å². The van der Waals surface area contributed by atoms with Crippen LogP contribution in [0.15, 0.2) is 22.0 Å². The summed E-state index contributed by atoms with van der Waals surface area (Å²) in [5.74, 6) is 0. The second kappa shape index (κ2) is 3.59. The Hall–Kier alpha value is -0.0600. The molecular weight excluding hydrogens is 314 g/mol. The number of nitrogen functional groups attached to an aromatic ring is 1. The number of nitrogens with two attached hydrogens (primary N) is 1. The third-order valence-electron chi connectivity index (χ3n) is 1.94. The normalized spacial score (nSPS) is 10.9. The van der Waals surface area contributed by atoms with Gasteiger partial charge in [-0.1, -0.05) is 28.1 Å². The zero-order chi connectivity index (χ0) is 9.42. The highest BCUT2D eigenvalue weighted by atomic mass is 79.9. The molecule has 0 bridgehead atoms. The summed E-state index contributed by atoms with van der Waals surface area (Å²) in [5.41, 5.74) is 7.94. The smallest absolute Gasteiger partial charge is 0.0509 e. The van der Waals surface area contributed by atoms with Gasteiger partial charge in [0.2, 0.25) is 0 Å². The number of alkyl halides is 1. The Labute approximate surface area is 97.2 Å². The Kier molecular flexibility index (Phi) is 2.62. The quantitative estimate of drug-likeness (QED) is 0.785. The number of hydrogen-bond acceptors (Lipinski definition) is 2. The molecule has 0 aliphatic carbocycles. The molecule has 1 aromatic heterocycles. The van der Waals surface area contributed by atoms with Crippen molar-refractivity contribution in [3.63, 3.8) is 0 Å². The van der Waals surface area contributed by atoms with Crippen LogP contribution in [0.25, 0.3) is 10.1 Å². The summed E-state index contributed by atoms with van der Waals surface area (Å²) in [6.45, 7) is 0. The molecule has 13 heavy (non-hydrogen) atoms. The Morgan fingerprint density at radius 1 is 1.38 bits per heavy atom. The summed E-state index contributed by atoms with van der Waals surface area (Å²) in [4.78, 5) is 0. The molecule has 0 spiro atoms. The number of anilines is 1. The van der Waals surface area contributed by atoms with Crippen molar-refractivity contribution < 1.29 is 0 Å². The van der Waals surface area contributed by atoms with E-state index in [-0.39, 0.29) is 0 Å². The van der Waals surface area contributed by atoms with Crippen molar-refractivity contribution in [1.29, 1.82) is 0 Å². The molecule has 1 nitrogen and oxygen atoms in total. The minimum atomic E-state index is 0.862. The van der Waals surface area contributed by atoms with E-state index in [9.17, 15) is 0 Å². The van der Waals surface area contributed by atoms with Crippen molar-refractivity contribution in [3.8, 4) is 0 Å². The van der Waals surface area contributed by atoms with E-state index in [1.165, 1.54) is 10.3 Å². The maximum atomic E-state index is 5.81. The van der Waals surface area contributed by atoms with Crippen LogP contribution in [0, 0.1) is 0 Å². The topological polar surface area (TPSA) is 26.0 Å². The lowest BCUT2D eigenvalue weighted by Gasteiger charge is -2.01. The minimum Gasteiger partial charge on any atom is -0.398 e. The van der Waals surface area contributed by atoms with E-state index in [4.69, 9.17) is 5.73 Å². The fourth-order valence-corrected chi connectivity index (χ4v) is 3.76. The van der Waals surface area contributed by atoms with Crippen LogP contribution in [0.4, 0.5) is 5.69 Å². The average Bonchev–Trinajstić information content (AvgIpc) is 2.50. The van der Waals surface area contributed by atoms with Crippen LogP contribution in [0.2, 0.25) is 0 Å². The largest absolute Gasteiger partial charge is 0.398 e. The van der Waals surface area contributed by atoms with Gasteiger partial charge >= 0.3 is 0 Å². The lowest BCUT2D eigenvalue weighted by Crippen LogP contribution is -1.83. The molecule has 1 heterocycles. The summed E-state index contributed by atoms with van der Waals surface area (Å²) < 4.78 is 2.39. The Bertz CT molecular complexity index is 450. The molecule has 0 atom stereocenters. The number of hydrogen-bond donors (Lipinski definition) is 1. The van der Waals surface area contributed by atoms with Gasteiger partial charge in [0.1, 0.15) is 0 Å². The third-order valence-corrected chi connectivity index (χ3v) is 4.74. The molecule has 2 rings (SSSR count). The molecule has 0 unspecified atom stereocenters. The maximum Gasteiger partial charge on any atom is 0.0509 e. The SMILES string of the molecule is Nc1csc2c(Br)c(CBr)ccc12. The predicted molar refractivity (Wildman–Crippen MR) is 66.6 cm³/mol. The first-order valence-electron chi connectivity index (χ1n) is 3.74. The van der Waals surface area contributed by atoms with Crippen LogP contribution in [0.1, 0.15) is 5.56 Å². The van der Waals surface area contributed by atoms with E-state index < -0.39 is 0 Å². The summed E-state index contributed by atoms with van der Waals surface area (Å²) in [6, 6.07) is 4.16. The van der Waals surface area contributed by atoms with Crippen molar-refractivity contribution in [3.05, 3.63) is 27.5 Å². The molecule has 2 N–H and O–H groups in total. The van der Waals surface area contributed by atoms with Crippen molar-refractivity contribution in [2.45, 2.75) is 5.33 Å². The Balaban J connectivity index is 2.80. The fourth-order valence-electron chi connectivity index (χ4n) is 1.23. The van der Waals surface area contributed by atoms with E-state index >= 15 is 0 Å². The summed E-state index contributed by atoms with van der Waals surface area (Å²) in [7, 11) is 0. The van der Waals surface area contributed by atoms with Gasteiger partial charge in [0.25, 0.3) is 0 Å². The molecule has 0 radical (unpaired) electrons. The first-order chi connectivity index (χ1) is 6.24. The zero-order valence-electron chi connectivity index (χ0n) is 6.68. The molecule has 0 amide bonds. The monoisotopic (exact) mass is 319 g/mol. The van der Waals surface area contributed by atoms with Gasteiger partial charge in [-0.15, -0.1) is 11.3 Å². The van der Waals surface area contributed by atoms with Crippen LogP contribution in [0.3, 0.4) is 0 Å². The summed E-state index contributed by atoms with van der Waals surface area (Å²) in [6.07, 6.45) is 0. The number of thiophene rings is 1. The Morgan fingerprint density at radius 2 is 2.15 bits per heavy atom. The highest BCUT2D eigenvalue weighted by Gasteiger charge is 2.07. The molecule has 1 aromatic carbocycles. The Morgan fingerprint density at radius 3 is 2.85 bits per heavy atom. The number of benzene rings is 1.